The van der Waals surface area contributed by atoms with Gasteiger partial charge in [0.25, 0.3) is 5.91 Å². The van der Waals surface area contributed by atoms with Crippen LogP contribution in [0, 0.1) is 5.82 Å². The molecule has 1 unspecified atom stereocenters. The molecule has 4 rings (SSSR count). The van der Waals surface area contributed by atoms with Crippen LogP contribution in [0.5, 0.6) is 0 Å². The summed E-state index contributed by atoms with van der Waals surface area (Å²) in [5.41, 5.74) is 3.28. The average Bonchev–Trinajstić information content (AvgIpc) is 3.06. The molecule has 1 amide bonds. The van der Waals surface area contributed by atoms with Crippen molar-refractivity contribution in [3.63, 3.8) is 0 Å². The fourth-order valence-corrected chi connectivity index (χ4v) is 3.22. The van der Waals surface area contributed by atoms with Crippen LogP contribution in [-0.4, -0.2) is 16.9 Å². The fourth-order valence-electron chi connectivity index (χ4n) is 3.22. The maximum absolute atomic E-state index is 13.3. The zero-order valence-electron chi connectivity index (χ0n) is 12.1. The van der Waals surface area contributed by atoms with Crippen LogP contribution in [0.2, 0.25) is 0 Å². The number of carbonyl (C=O) groups excluding carboxylic acids is 1. The van der Waals surface area contributed by atoms with Gasteiger partial charge in [-0.3, -0.25) is 4.79 Å². The molecule has 2 heterocycles. The molecule has 1 aliphatic heterocycles. The number of carbonyl (C=O) groups is 1. The first-order chi connectivity index (χ1) is 10.6. The maximum atomic E-state index is 13.3. The molecule has 0 radical (unpaired) electrons. The number of benzene rings is 2. The number of nitrogens with zero attached hydrogens (tertiary/aromatic N) is 1. The standard InChI is InChI=1S/C18H15FN2O/c1-11-8-13-4-2-3-5-17(13)21(11)18(22)16-9-12-6-7-14(19)10-15(12)20-16/h2-7,9-11,20H,8H2,1H3. The van der Waals surface area contributed by atoms with E-state index in [-0.39, 0.29) is 17.8 Å². The van der Waals surface area contributed by atoms with Crippen LogP contribution in [-0.2, 0) is 6.42 Å². The Morgan fingerprint density at radius 1 is 1.23 bits per heavy atom. The Bertz CT molecular complexity index is 884. The number of nitrogens with one attached hydrogen (secondary N) is 1. The smallest absolute Gasteiger partial charge is 0.274 e. The number of rotatable bonds is 1. The van der Waals surface area contributed by atoms with E-state index < -0.39 is 0 Å². The van der Waals surface area contributed by atoms with Crippen LogP contribution in [0.3, 0.4) is 0 Å². The number of aromatic nitrogens is 1. The lowest BCUT2D eigenvalue weighted by Gasteiger charge is -2.22. The first-order valence-electron chi connectivity index (χ1n) is 7.33. The van der Waals surface area contributed by atoms with Crippen molar-refractivity contribution in [1.29, 1.82) is 0 Å². The van der Waals surface area contributed by atoms with Gasteiger partial charge in [-0.15, -0.1) is 0 Å². The molecule has 3 nitrogen and oxygen atoms in total. The second-order valence-corrected chi connectivity index (χ2v) is 5.77. The highest BCUT2D eigenvalue weighted by atomic mass is 19.1. The van der Waals surface area contributed by atoms with E-state index in [0.29, 0.717) is 11.2 Å². The van der Waals surface area contributed by atoms with Crippen LogP contribution in [0.1, 0.15) is 23.0 Å². The number of hydrogen-bond donors (Lipinski definition) is 1. The first kappa shape index (κ1) is 13.1. The zero-order valence-corrected chi connectivity index (χ0v) is 12.1. The molecule has 1 N–H and O–H groups in total. The van der Waals surface area contributed by atoms with Crippen LogP contribution in [0.25, 0.3) is 10.9 Å². The summed E-state index contributed by atoms with van der Waals surface area (Å²) in [4.78, 5) is 17.7. The molecule has 3 aromatic rings. The average molecular weight is 294 g/mol. The van der Waals surface area contributed by atoms with E-state index >= 15 is 0 Å². The van der Waals surface area contributed by atoms with E-state index in [0.717, 1.165) is 17.5 Å². The summed E-state index contributed by atoms with van der Waals surface area (Å²) in [5, 5.41) is 0.838. The summed E-state index contributed by atoms with van der Waals surface area (Å²) < 4.78 is 13.3. The van der Waals surface area contributed by atoms with Crippen molar-refractivity contribution >= 4 is 22.5 Å². The van der Waals surface area contributed by atoms with Crippen molar-refractivity contribution in [2.75, 3.05) is 4.90 Å². The number of hydrogen-bond acceptors (Lipinski definition) is 1. The third-order valence-corrected chi connectivity index (χ3v) is 4.24. The van der Waals surface area contributed by atoms with Gasteiger partial charge in [0.1, 0.15) is 11.5 Å². The summed E-state index contributed by atoms with van der Waals surface area (Å²) in [6.07, 6.45) is 0.858. The Balaban J connectivity index is 1.77. The number of para-hydroxylation sites is 1. The van der Waals surface area contributed by atoms with Gasteiger partial charge >= 0.3 is 0 Å². The summed E-state index contributed by atoms with van der Waals surface area (Å²) >= 11 is 0. The Hall–Kier alpha value is -2.62. The molecular weight excluding hydrogens is 279 g/mol. The van der Waals surface area contributed by atoms with E-state index in [1.165, 1.54) is 17.7 Å². The molecule has 22 heavy (non-hydrogen) atoms. The predicted octanol–water partition coefficient (Wildman–Crippen LogP) is 3.90. The van der Waals surface area contributed by atoms with Crippen LogP contribution in [0.15, 0.2) is 48.5 Å². The minimum absolute atomic E-state index is 0.0749. The van der Waals surface area contributed by atoms with Gasteiger partial charge in [0.15, 0.2) is 0 Å². The van der Waals surface area contributed by atoms with E-state index in [2.05, 4.69) is 11.1 Å². The van der Waals surface area contributed by atoms with Crippen LogP contribution >= 0.6 is 0 Å². The molecular formula is C18H15FN2O. The number of halogens is 1. The molecule has 2 aromatic carbocycles. The molecule has 0 bridgehead atoms. The summed E-state index contributed by atoms with van der Waals surface area (Å²) in [6.45, 7) is 2.04. The van der Waals surface area contributed by atoms with Crippen molar-refractivity contribution < 1.29 is 9.18 Å². The highest BCUT2D eigenvalue weighted by molar-refractivity contribution is 6.08. The number of amides is 1. The molecule has 0 spiro atoms. The van der Waals surface area contributed by atoms with Gasteiger partial charge in [-0.05, 0) is 49.2 Å². The van der Waals surface area contributed by atoms with Crippen molar-refractivity contribution in [3.8, 4) is 0 Å². The third kappa shape index (κ3) is 1.91. The quantitative estimate of drug-likeness (QED) is 0.726. The SMILES string of the molecule is CC1Cc2ccccc2N1C(=O)c1cc2ccc(F)cc2[nH]1. The molecule has 4 heteroatoms. The van der Waals surface area contributed by atoms with Crippen molar-refractivity contribution in [3.05, 3.63) is 65.6 Å². The topological polar surface area (TPSA) is 36.1 Å². The molecule has 1 atom stereocenters. The molecule has 0 fully saturated rings. The number of aromatic amines is 1. The fraction of sp³-hybridized carbons (Fsp3) is 0.167. The largest absolute Gasteiger partial charge is 0.350 e. The Morgan fingerprint density at radius 3 is 2.91 bits per heavy atom. The van der Waals surface area contributed by atoms with Gasteiger partial charge in [0, 0.05) is 22.6 Å². The Labute approximate surface area is 127 Å². The van der Waals surface area contributed by atoms with Gasteiger partial charge in [0.05, 0.1) is 0 Å². The minimum atomic E-state index is -0.312. The zero-order chi connectivity index (χ0) is 15.3. The lowest BCUT2D eigenvalue weighted by molar-refractivity contribution is 0.0977. The van der Waals surface area contributed by atoms with E-state index in [9.17, 15) is 9.18 Å². The molecule has 1 aliphatic rings. The van der Waals surface area contributed by atoms with Gasteiger partial charge in [-0.1, -0.05) is 18.2 Å². The highest BCUT2D eigenvalue weighted by Gasteiger charge is 2.31. The number of fused-ring (bicyclic) bond motifs is 2. The summed E-state index contributed by atoms with van der Waals surface area (Å²) in [6, 6.07) is 14.4. The predicted molar refractivity (Wildman–Crippen MR) is 84.7 cm³/mol. The molecule has 110 valence electrons. The summed E-state index contributed by atoms with van der Waals surface area (Å²) in [7, 11) is 0. The molecule has 1 aromatic heterocycles. The van der Waals surface area contributed by atoms with E-state index in [1.54, 1.807) is 12.1 Å². The van der Waals surface area contributed by atoms with Gasteiger partial charge in [-0.2, -0.15) is 0 Å². The van der Waals surface area contributed by atoms with Crippen LogP contribution in [0.4, 0.5) is 10.1 Å². The Kier molecular flexibility index (Phi) is 2.79. The number of H-pyrrole nitrogens is 1. The van der Waals surface area contributed by atoms with Crippen molar-refractivity contribution in [2.24, 2.45) is 0 Å². The number of anilines is 1. The summed E-state index contributed by atoms with van der Waals surface area (Å²) in [5.74, 6) is -0.387. The van der Waals surface area contributed by atoms with Gasteiger partial charge < -0.3 is 9.88 Å². The molecule has 0 saturated carbocycles. The van der Waals surface area contributed by atoms with Crippen molar-refractivity contribution in [2.45, 2.75) is 19.4 Å². The second kappa shape index (κ2) is 4.70. The molecule has 0 saturated heterocycles. The first-order valence-corrected chi connectivity index (χ1v) is 7.33. The maximum Gasteiger partial charge on any atom is 0.274 e. The van der Waals surface area contributed by atoms with Gasteiger partial charge in [-0.25, -0.2) is 4.39 Å². The van der Waals surface area contributed by atoms with Crippen molar-refractivity contribution in [1.82, 2.24) is 4.98 Å². The van der Waals surface area contributed by atoms with Gasteiger partial charge in [0.2, 0.25) is 0 Å². The highest BCUT2D eigenvalue weighted by Crippen LogP contribution is 2.33. The Morgan fingerprint density at radius 2 is 2.05 bits per heavy atom. The normalized spacial score (nSPS) is 17.0. The third-order valence-electron chi connectivity index (χ3n) is 4.24. The minimum Gasteiger partial charge on any atom is -0.350 e. The monoisotopic (exact) mass is 294 g/mol. The van der Waals surface area contributed by atoms with Crippen LogP contribution < -0.4 is 4.90 Å². The van der Waals surface area contributed by atoms with E-state index in [4.69, 9.17) is 0 Å². The lowest BCUT2D eigenvalue weighted by atomic mass is 10.1. The van der Waals surface area contributed by atoms with E-state index in [1.807, 2.05) is 30.0 Å². The lowest BCUT2D eigenvalue weighted by Crippen LogP contribution is -2.35. The molecule has 0 aliphatic carbocycles. The second-order valence-electron chi connectivity index (χ2n) is 5.77.